The van der Waals surface area contributed by atoms with Crippen molar-refractivity contribution in [2.45, 2.75) is 6.92 Å². The Balaban J connectivity index is 1.71. The van der Waals surface area contributed by atoms with Crippen LogP contribution in [-0.2, 0) is 9.47 Å². The van der Waals surface area contributed by atoms with Crippen LogP contribution < -0.4 is 10.3 Å². The molecule has 2 aromatic rings. The van der Waals surface area contributed by atoms with Gasteiger partial charge in [-0.1, -0.05) is 0 Å². The molecule has 0 atom stereocenters. The van der Waals surface area contributed by atoms with Gasteiger partial charge in [-0.25, -0.2) is 9.97 Å². The van der Waals surface area contributed by atoms with E-state index in [1.807, 2.05) is 11.3 Å². The van der Waals surface area contributed by atoms with Crippen LogP contribution in [0.2, 0.25) is 0 Å². The van der Waals surface area contributed by atoms with Crippen molar-refractivity contribution >= 4 is 29.4 Å². The van der Waals surface area contributed by atoms with E-state index < -0.39 is 0 Å². The monoisotopic (exact) mass is 373 g/mol. The van der Waals surface area contributed by atoms with Crippen molar-refractivity contribution in [2.75, 3.05) is 62.9 Å². The highest BCUT2D eigenvalue weighted by molar-refractivity contribution is 5.93. The molecule has 27 heavy (non-hydrogen) atoms. The molecule has 0 saturated carbocycles. The summed E-state index contributed by atoms with van der Waals surface area (Å²) in [6.45, 7) is 6.83. The summed E-state index contributed by atoms with van der Waals surface area (Å²) in [4.78, 5) is 26.0. The number of nitrogens with one attached hydrogen (secondary N) is 1. The highest BCUT2D eigenvalue weighted by Gasteiger charge is 2.24. The van der Waals surface area contributed by atoms with Crippen molar-refractivity contribution in [1.29, 1.82) is 0 Å². The second-order valence-corrected chi connectivity index (χ2v) is 6.31. The Bertz CT molecular complexity index is 838. The Labute approximate surface area is 156 Å². The van der Waals surface area contributed by atoms with Crippen LogP contribution in [0.15, 0.2) is 17.5 Å². The predicted octanol–water partition coefficient (Wildman–Crippen LogP) is 0.456. The summed E-state index contributed by atoms with van der Waals surface area (Å²) in [6, 6.07) is 0. The largest absolute Gasteiger partial charge is 0.378 e. The van der Waals surface area contributed by atoms with Crippen LogP contribution in [0.5, 0.6) is 0 Å². The molecule has 10 heteroatoms. The van der Waals surface area contributed by atoms with E-state index in [0.717, 1.165) is 18.9 Å². The second-order valence-electron chi connectivity index (χ2n) is 6.31. The van der Waals surface area contributed by atoms with Crippen LogP contribution in [0.3, 0.4) is 0 Å². The van der Waals surface area contributed by atoms with Gasteiger partial charge in [-0.2, -0.15) is 5.10 Å². The molecule has 1 N–H and O–H groups in total. The van der Waals surface area contributed by atoms with Crippen LogP contribution >= 0.6 is 0 Å². The number of rotatable bonds is 4. The number of ether oxygens (including phenoxy) is 2. The lowest BCUT2D eigenvalue weighted by Gasteiger charge is -2.28. The van der Waals surface area contributed by atoms with Gasteiger partial charge in [0.25, 0.3) is 5.91 Å². The summed E-state index contributed by atoms with van der Waals surface area (Å²) in [6.07, 6.45) is 5.19. The van der Waals surface area contributed by atoms with E-state index >= 15 is 0 Å². The zero-order valence-electron chi connectivity index (χ0n) is 15.3. The molecule has 2 aliphatic heterocycles. The molecule has 2 fully saturated rings. The summed E-state index contributed by atoms with van der Waals surface area (Å²) in [5.74, 6) is 1.22. The van der Waals surface area contributed by atoms with Gasteiger partial charge in [0.2, 0.25) is 0 Å². The van der Waals surface area contributed by atoms with Crippen molar-refractivity contribution in [2.24, 2.45) is 5.10 Å². The maximum absolute atomic E-state index is 12.8. The molecule has 2 aliphatic rings. The van der Waals surface area contributed by atoms with E-state index in [0.29, 0.717) is 56.7 Å². The smallest absolute Gasteiger partial charge is 0.274 e. The third kappa shape index (κ3) is 3.71. The number of anilines is 2. The third-order valence-corrected chi connectivity index (χ3v) is 4.56. The number of hydrogen-bond donors (Lipinski definition) is 1. The minimum Gasteiger partial charge on any atom is -0.378 e. The van der Waals surface area contributed by atoms with Gasteiger partial charge in [0.1, 0.15) is 5.69 Å². The average Bonchev–Trinajstić information content (AvgIpc) is 3.16. The van der Waals surface area contributed by atoms with Gasteiger partial charge in [0.05, 0.1) is 32.6 Å². The molecule has 0 bridgehead atoms. The topological polar surface area (TPSA) is 96.6 Å². The van der Waals surface area contributed by atoms with Crippen LogP contribution in [-0.4, -0.2) is 84.0 Å². The SMILES string of the molecule is C/C=N/Nc1cn2cc(C(=O)N3CCOCC3)nc2c(N2CCOCC2)n1. The van der Waals surface area contributed by atoms with Gasteiger partial charge in [0, 0.05) is 38.6 Å². The molecule has 144 valence electrons. The molecule has 10 nitrogen and oxygen atoms in total. The fourth-order valence-corrected chi connectivity index (χ4v) is 3.19. The molecular weight excluding hydrogens is 350 g/mol. The number of hydrazone groups is 1. The quantitative estimate of drug-likeness (QED) is 0.614. The first kappa shape index (κ1) is 17.7. The van der Waals surface area contributed by atoms with Gasteiger partial charge < -0.3 is 19.3 Å². The van der Waals surface area contributed by atoms with Crippen molar-refractivity contribution in [3.05, 3.63) is 18.1 Å². The molecule has 4 heterocycles. The Morgan fingerprint density at radius 1 is 1.11 bits per heavy atom. The fourth-order valence-electron chi connectivity index (χ4n) is 3.19. The second kappa shape index (κ2) is 7.89. The summed E-state index contributed by atoms with van der Waals surface area (Å²) in [7, 11) is 0. The van der Waals surface area contributed by atoms with E-state index in [1.165, 1.54) is 0 Å². The number of nitrogens with zero attached hydrogens (tertiary/aromatic N) is 6. The number of fused-ring (bicyclic) bond motifs is 1. The number of amides is 1. The van der Waals surface area contributed by atoms with Crippen molar-refractivity contribution in [3.8, 4) is 0 Å². The van der Waals surface area contributed by atoms with E-state index in [1.54, 1.807) is 23.5 Å². The number of hydrogen-bond acceptors (Lipinski definition) is 8. The Morgan fingerprint density at radius 2 is 1.81 bits per heavy atom. The lowest BCUT2D eigenvalue weighted by atomic mass is 10.3. The first-order valence-electron chi connectivity index (χ1n) is 9.09. The zero-order chi connectivity index (χ0) is 18.6. The summed E-state index contributed by atoms with van der Waals surface area (Å²) in [5.41, 5.74) is 3.97. The molecule has 0 radical (unpaired) electrons. The predicted molar refractivity (Wildman–Crippen MR) is 101 cm³/mol. The summed E-state index contributed by atoms with van der Waals surface area (Å²) in [5, 5.41) is 4.05. The molecule has 2 aromatic heterocycles. The molecule has 1 amide bonds. The fraction of sp³-hybridized carbons (Fsp3) is 0.529. The molecule has 4 rings (SSSR count). The Morgan fingerprint density at radius 3 is 2.52 bits per heavy atom. The van der Waals surface area contributed by atoms with Gasteiger partial charge >= 0.3 is 0 Å². The molecular formula is C17H23N7O3. The lowest BCUT2D eigenvalue weighted by Crippen LogP contribution is -2.40. The van der Waals surface area contributed by atoms with Crippen molar-refractivity contribution in [3.63, 3.8) is 0 Å². The highest BCUT2D eigenvalue weighted by atomic mass is 16.5. The van der Waals surface area contributed by atoms with Crippen molar-refractivity contribution < 1.29 is 14.3 Å². The van der Waals surface area contributed by atoms with Crippen LogP contribution in [0.25, 0.3) is 5.65 Å². The van der Waals surface area contributed by atoms with Gasteiger partial charge in [-0.15, -0.1) is 0 Å². The van der Waals surface area contributed by atoms with Gasteiger partial charge in [-0.3, -0.25) is 14.6 Å². The van der Waals surface area contributed by atoms with Gasteiger partial charge in [-0.05, 0) is 6.92 Å². The number of carbonyl (C=O) groups is 1. The van der Waals surface area contributed by atoms with E-state index in [9.17, 15) is 4.79 Å². The van der Waals surface area contributed by atoms with Crippen LogP contribution in [0.4, 0.5) is 11.6 Å². The molecule has 0 aromatic carbocycles. The number of aromatic nitrogens is 3. The summed E-state index contributed by atoms with van der Waals surface area (Å²) < 4.78 is 12.6. The minimum atomic E-state index is -0.0870. The summed E-state index contributed by atoms with van der Waals surface area (Å²) >= 11 is 0. The highest BCUT2D eigenvalue weighted by Crippen LogP contribution is 2.23. The number of carbonyl (C=O) groups excluding carboxylic acids is 1. The lowest BCUT2D eigenvalue weighted by molar-refractivity contribution is 0.0299. The average molecular weight is 373 g/mol. The maximum atomic E-state index is 12.8. The Hall–Kier alpha value is -2.72. The number of imidazole rings is 1. The van der Waals surface area contributed by atoms with E-state index in [-0.39, 0.29) is 5.91 Å². The Kier molecular flexibility index (Phi) is 5.16. The van der Waals surface area contributed by atoms with Crippen LogP contribution in [0.1, 0.15) is 17.4 Å². The maximum Gasteiger partial charge on any atom is 0.274 e. The third-order valence-electron chi connectivity index (χ3n) is 4.56. The van der Waals surface area contributed by atoms with Crippen molar-refractivity contribution in [1.82, 2.24) is 19.3 Å². The normalized spacial score (nSPS) is 18.4. The minimum absolute atomic E-state index is 0.0870. The first-order valence-corrected chi connectivity index (χ1v) is 9.09. The van der Waals surface area contributed by atoms with E-state index in [4.69, 9.17) is 9.47 Å². The molecule has 0 aliphatic carbocycles. The number of morpholine rings is 2. The molecule has 2 saturated heterocycles. The molecule has 0 spiro atoms. The molecule has 0 unspecified atom stereocenters. The van der Waals surface area contributed by atoms with E-state index in [2.05, 4.69) is 25.4 Å². The zero-order valence-corrected chi connectivity index (χ0v) is 15.3. The van der Waals surface area contributed by atoms with Gasteiger partial charge in [0.15, 0.2) is 17.3 Å². The first-order chi connectivity index (χ1) is 13.3. The van der Waals surface area contributed by atoms with Crippen LogP contribution in [0, 0.1) is 0 Å². The standard InChI is InChI=1S/C17H23N7O3/c1-2-18-21-14-12-24-11-13(17(25)23-5-9-27-10-6-23)19-15(24)16(20-14)22-3-7-26-8-4-22/h2,11-12,21H,3-10H2,1H3/b18-2+.